The third-order valence-corrected chi connectivity index (χ3v) is 10.4. The van der Waals surface area contributed by atoms with Crippen molar-refractivity contribution in [2.75, 3.05) is 13.2 Å². The maximum atomic E-state index is 12.2. The molecular weight excluding hydrogens is 620 g/mol. The predicted molar refractivity (Wildman–Crippen MR) is 215 cm³/mol. The first kappa shape index (κ1) is 48.9. The second-order valence-electron chi connectivity index (χ2n) is 15.5. The SMILES string of the molecule is CCCCCCCCCCCCCCCCCCCCCCCCC(=O)OC(CO)COC(=O)CCCCCCCCCCCCCCCC. The van der Waals surface area contributed by atoms with Crippen molar-refractivity contribution in [3.8, 4) is 0 Å². The number of hydrogen-bond acceptors (Lipinski definition) is 5. The van der Waals surface area contributed by atoms with Gasteiger partial charge in [0.1, 0.15) is 6.61 Å². The molecule has 0 saturated carbocycles. The standard InChI is InChI=1S/C45H88O5/c1-3-5-7-9-11-13-15-17-19-20-21-22-23-24-25-26-28-30-32-34-36-38-40-45(48)50-43(41-46)42-49-44(47)39-37-35-33-31-29-27-18-16-14-12-10-8-6-4-2/h43,46H,3-42H2,1-2H3. The molecular formula is C45H88O5. The molecule has 5 nitrogen and oxygen atoms in total. The second-order valence-corrected chi connectivity index (χ2v) is 15.5. The summed E-state index contributed by atoms with van der Waals surface area (Å²) in [5.74, 6) is -0.571. The normalized spacial score (nSPS) is 12.0. The monoisotopic (exact) mass is 709 g/mol. The molecule has 0 bridgehead atoms. The minimum Gasteiger partial charge on any atom is -0.462 e. The molecule has 298 valence electrons. The maximum Gasteiger partial charge on any atom is 0.306 e. The van der Waals surface area contributed by atoms with Gasteiger partial charge in [-0.15, -0.1) is 0 Å². The van der Waals surface area contributed by atoms with Crippen molar-refractivity contribution in [2.45, 2.75) is 264 Å². The van der Waals surface area contributed by atoms with Crippen LogP contribution < -0.4 is 0 Å². The molecule has 0 aliphatic carbocycles. The van der Waals surface area contributed by atoms with Crippen molar-refractivity contribution in [3.05, 3.63) is 0 Å². The van der Waals surface area contributed by atoms with Crippen molar-refractivity contribution in [3.63, 3.8) is 0 Å². The van der Waals surface area contributed by atoms with Crippen LogP contribution in [0.3, 0.4) is 0 Å². The van der Waals surface area contributed by atoms with Crippen LogP contribution in [0.5, 0.6) is 0 Å². The van der Waals surface area contributed by atoms with E-state index in [9.17, 15) is 14.7 Å². The van der Waals surface area contributed by atoms with Crippen molar-refractivity contribution >= 4 is 11.9 Å². The lowest BCUT2D eigenvalue weighted by Crippen LogP contribution is -2.28. The molecule has 0 fully saturated rings. The minimum absolute atomic E-state index is 0.0565. The van der Waals surface area contributed by atoms with Crippen LogP contribution in [0.2, 0.25) is 0 Å². The lowest BCUT2D eigenvalue weighted by molar-refractivity contribution is -0.161. The molecule has 0 rings (SSSR count). The fraction of sp³-hybridized carbons (Fsp3) is 0.956. The van der Waals surface area contributed by atoms with Gasteiger partial charge in [0.15, 0.2) is 6.10 Å². The average Bonchev–Trinajstić information content (AvgIpc) is 3.12. The largest absolute Gasteiger partial charge is 0.462 e. The minimum atomic E-state index is -0.762. The third-order valence-electron chi connectivity index (χ3n) is 10.4. The number of carbonyl (C=O) groups excluding carboxylic acids is 2. The first-order valence-electron chi connectivity index (χ1n) is 22.6. The molecule has 1 unspecified atom stereocenters. The first-order chi connectivity index (χ1) is 24.6. The van der Waals surface area contributed by atoms with Crippen LogP contribution in [0.25, 0.3) is 0 Å². The zero-order valence-corrected chi connectivity index (χ0v) is 33.9. The quantitative estimate of drug-likeness (QED) is 0.0505. The van der Waals surface area contributed by atoms with Gasteiger partial charge in [0.2, 0.25) is 0 Å². The van der Waals surface area contributed by atoms with Crippen LogP contribution in [0, 0.1) is 0 Å². The fourth-order valence-corrected chi connectivity index (χ4v) is 6.97. The van der Waals surface area contributed by atoms with Gasteiger partial charge in [0, 0.05) is 12.8 Å². The molecule has 0 radical (unpaired) electrons. The Morgan fingerprint density at radius 3 is 0.880 bits per heavy atom. The summed E-state index contributed by atoms with van der Waals surface area (Å²) in [5.41, 5.74) is 0. The Bertz CT molecular complexity index is 680. The number of rotatable bonds is 42. The number of unbranched alkanes of at least 4 members (excludes halogenated alkanes) is 34. The molecule has 0 aromatic heterocycles. The highest BCUT2D eigenvalue weighted by molar-refractivity contribution is 5.70. The van der Waals surface area contributed by atoms with Crippen LogP contribution in [-0.2, 0) is 19.1 Å². The van der Waals surface area contributed by atoms with E-state index in [1.54, 1.807) is 0 Å². The molecule has 0 amide bonds. The summed E-state index contributed by atoms with van der Waals surface area (Å²) in [6, 6.07) is 0. The van der Waals surface area contributed by atoms with E-state index in [1.807, 2.05) is 0 Å². The van der Waals surface area contributed by atoms with Gasteiger partial charge >= 0.3 is 11.9 Å². The van der Waals surface area contributed by atoms with E-state index in [2.05, 4.69) is 13.8 Å². The highest BCUT2D eigenvalue weighted by Gasteiger charge is 2.16. The molecule has 0 aromatic rings. The number of hydrogen-bond donors (Lipinski definition) is 1. The number of esters is 2. The van der Waals surface area contributed by atoms with E-state index >= 15 is 0 Å². The molecule has 0 aliphatic rings. The zero-order valence-electron chi connectivity index (χ0n) is 33.9. The summed E-state index contributed by atoms with van der Waals surface area (Å²) in [5, 5.41) is 9.58. The van der Waals surface area contributed by atoms with Crippen LogP contribution in [0.1, 0.15) is 258 Å². The van der Waals surface area contributed by atoms with E-state index in [0.717, 1.165) is 32.1 Å². The van der Waals surface area contributed by atoms with Gasteiger partial charge in [0.05, 0.1) is 6.61 Å². The molecule has 0 saturated heterocycles. The van der Waals surface area contributed by atoms with E-state index in [0.29, 0.717) is 12.8 Å². The molecule has 5 heteroatoms. The topological polar surface area (TPSA) is 72.8 Å². The maximum absolute atomic E-state index is 12.2. The molecule has 1 atom stereocenters. The Hall–Kier alpha value is -1.10. The smallest absolute Gasteiger partial charge is 0.306 e. The van der Waals surface area contributed by atoms with Crippen molar-refractivity contribution in [1.82, 2.24) is 0 Å². The van der Waals surface area contributed by atoms with Crippen molar-refractivity contribution in [2.24, 2.45) is 0 Å². The Labute approximate surface area is 312 Å². The van der Waals surface area contributed by atoms with Gasteiger partial charge in [-0.3, -0.25) is 9.59 Å². The fourth-order valence-electron chi connectivity index (χ4n) is 6.97. The summed E-state index contributed by atoms with van der Waals surface area (Å²) >= 11 is 0. The molecule has 50 heavy (non-hydrogen) atoms. The van der Waals surface area contributed by atoms with Gasteiger partial charge in [-0.05, 0) is 12.8 Å². The zero-order chi connectivity index (χ0) is 36.4. The molecule has 0 aliphatic heterocycles. The van der Waals surface area contributed by atoms with E-state index in [4.69, 9.17) is 9.47 Å². The summed E-state index contributed by atoms with van der Waals surface area (Å²) in [7, 11) is 0. The Morgan fingerprint density at radius 2 is 0.620 bits per heavy atom. The van der Waals surface area contributed by atoms with E-state index < -0.39 is 6.10 Å². The Balaban J connectivity index is 3.44. The molecule has 0 spiro atoms. The van der Waals surface area contributed by atoms with Gasteiger partial charge in [-0.25, -0.2) is 0 Å². The predicted octanol–water partition coefficient (Wildman–Crippen LogP) is 14.3. The first-order valence-corrected chi connectivity index (χ1v) is 22.6. The van der Waals surface area contributed by atoms with Gasteiger partial charge in [0.25, 0.3) is 0 Å². The van der Waals surface area contributed by atoms with Gasteiger partial charge in [-0.2, -0.15) is 0 Å². The van der Waals surface area contributed by atoms with Crippen LogP contribution in [0.4, 0.5) is 0 Å². The van der Waals surface area contributed by atoms with Crippen LogP contribution in [-0.4, -0.2) is 36.4 Å². The van der Waals surface area contributed by atoms with Crippen molar-refractivity contribution < 1.29 is 24.2 Å². The molecule has 1 N–H and O–H groups in total. The average molecular weight is 709 g/mol. The summed E-state index contributed by atoms with van der Waals surface area (Å²) < 4.78 is 10.6. The highest BCUT2D eigenvalue weighted by atomic mass is 16.6. The second kappa shape index (κ2) is 42.3. The summed E-state index contributed by atoms with van der Waals surface area (Å²) in [6.45, 7) is 4.18. The number of ether oxygens (including phenoxy) is 2. The summed E-state index contributed by atoms with van der Waals surface area (Å²) in [6.07, 6.45) is 47.5. The van der Waals surface area contributed by atoms with Crippen LogP contribution >= 0.6 is 0 Å². The van der Waals surface area contributed by atoms with Crippen molar-refractivity contribution in [1.29, 1.82) is 0 Å². The lowest BCUT2D eigenvalue weighted by atomic mass is 10.0. The van der Waals surface area contributed by atoms with E-state index in [-0.39, 0.29) is 25.2 Å². The third kappa shape index (κ3) is 39.7. The number of aliphatic hydroxyl groups excluding tert-OH is 1. The number of aliphatic hydroxyl groups is 1. The van der Waals surface area contributed by atoms with E-state index in [1.165, 1.54) is 199 Å². The van der Waals surface area contributed by atoms with Gasteiger partial charge in [-0.1, -0.05) is 232 Å². The lowest BCUT2D eigenvalue weighted by Gasteiger charge is -2.15. The van der Waals surface area contributed by atoms with Crippen LogP contribution in [0.15, 0.2) is 0 Å². The Kier molecular flexibility index (Phi) is 41.4. The highest BCUT2D eigenvalue weighted by Crippen LogP contribution is 2.17. The number of carbonyl (C=O) groups is 2. The summed E-state index contributed by atoms with van der Waals surface area (Å²) in [4.78, 5) is 24.3. The molecule has 0 heterocycles. The van der Waals surface area contributed by atoms with Gasteiger partial charge < -0.3 is 14.6 Å². The Morgan fingerprint density at radius 1 is 0.380 bits per heavy atom. The molecule has 0 aromatic carbocycles.